The summed E-state index contributed by atoms with van der Waals surface area (Å²) in [5.74, 6) is 3.39. The molecule has 0 spiro atoms. The van der Waals surface area contributed by atoms with E-state index in [0.717, 1.165) is 63.9 Å². The van der Waals surface area contributed by atoms with Crippen LogP contribution in [-0.2, 0) is 4.79 Å². The highest BCUT2D eigenvalue weighted by atomic mass is 16.7. The van der Waals surface area contributed by atoms with Gasteiger partial charge in [-0.15, -0.1) is 0 Å². The Hall–Kier alpha value is -4.98. The molecule has 4 aromatic carbocycles. The normalized spacial score (nSPS) is 21.0. The zero-order valence-corrected chi connectivity index (χ0v) is 22.8. The lowest BCUT2D eigenvalue weighted by Crippen LogP contribution is -2.34. The predicted molar refractivity (Wildman–Crippen MR) is 157 cm³/mol. The number of hydrogen-bond donors (Lipinski definition) is 0. The molecule has 4 aliphatic rings. The van der Waals surface area contributed by atoms with Crippen molar-refractivity contribution in [3.8, 4) is 28.7 Å². The van der Waals surface area contributed by atoms with Gasteiger partial charge in [0.25, 0.3) is 5.91 Å². The van der Waals surface area contributed by atoms with Gasteiger partial charge in [-0.25, -0.2) is 5.01 Å². The van der Waals surface area contributed by atoms with Gasteiger partial charge >= 0.3 is 0 Å². The van der Waals surface area contributed by atoms with E-state index in [-0.39, 0.29) is 38.1 Å². The van der Waals surface area contributed by atoms with Crippen LogP contribution in [0, 0.1) is 5.92 Å². The Bertz CT molecular complexity index is 1780. The fourth-order valence-electron chi connectivity index (χ4n) is 6.31. The summed E-state index contributed by atoms with van der Waals surface area (Å²) >= 11 is 0. The molecule has 8 nitrogen and oxygen atoms in total. The van der Waals surface area contributed by atoms with Crippen molar-refractivity contribution in [1.29, 1.82) is 0 Å². The summed E-state index contributed by atoms with van der Waals surface area (Å²) in [5.41, 5.74) is 4.05. The molecule has 0 bridgehead atoms. The lowest BCUT2D eigenvalue weighted by Gasteiger charge is -2.29. The Labute approximate surface area is 242 Å². The van der Waals surface area contributed by atoms with Crippen molar-refractivity contribution in [3.05, 3.63) is 95.6 Å². The molecule has 4 aromatic rings. The van der Waals surface area contributed by atoms with E-state index in [4.69, 9.17) is 28.8 Å². The molecule has 0 radical (unpaired) electrons. The average Bonchev–Trinajstić information content (AvgIpc) is 3.78. The maximum atomic E-state index is 13.8. The van der Waals surface area contributed by atoms with Crippen LogP contribution >= 0.6 is 0 Å². The third-order valence-electron chi connectivity index (χ3n) is 8.32. The molecule has 0 aromatic heterocycles. The summed E-state index contributed by atoms with van der Waals surface area (Å²) in [6.07, 6.45) is 4.96. The number of fused-ring (bicyclic) bond motifs is 4. The van der Waals surface area contributed by atoms with Crippen LogP contribution in [0.25, 0.3) is 16.8 Å². The number of benzene rings is 4. The number of carbonyl (C=O) groups excluding carboxylic acids is 1. The molecule has 42 heavy (non-hydrogen) atoms. The number of amides is 1. The summed E-state index contributed by atoms with van der Waals surface area (Å²) in [6.45, 7) is 0.309. The smallest absolute Gasteiger partial charge is 0.281 e. The molecule has 3 heterocycles. The Kier molecular flexibility index (Phi) is 5.98. The maximum absolute atomic E-state index is 13.8. The summed E-state index contributed by atoms with van der Waals surface area (Å²) in [5, 5.41) is 8.80. The Morgan fingerprint density at radius 1 is 0.857 bits per heavy atom. The number of hydrogen-bond acceptors (Lipinski definition) is 7. The third-order valence-corrected chi connectivity index (χ3v) is 8.32. The highest BCUT2D eigenvalue weighted by molar-refractivity contribution is 6.08. The van der Waals surface area contributed by atoms with Crippen LogP contribution in [0.2, 0.25) is 0 Å². The second-order valence-corrected chi connectivity index (χ2v) is 10.9. The largest absolute Gasteiger partial charge is 0.484 e. The van der Waals surface area contributed by atoms with Crippen molar-refractivity contribution in [1.82, 2.24) is 5.01 Å². The SMILES string of the molecule is O=C(COc1ccc2ccccc2c1)N1N=C2/C(=C\c3ccc4c(c3)OCO4)CCC[C@H]2[C@@H]1c1ccc2c(c1)OCO2. The number of ether oxygens (including phenoxy) is 5. The van der Waals surface area contributed by atoms with E-state index in [1.807, 2.05) is 72.8 Å². The number of carbonyl (C=O) groups is 1. The van der Waals surface area contributed by atoms with E-state index in [1.54, 1.807) is 5.01 Å². The van der Waals surface area contributed by atoms with Gasteiger partial charge in [-0.1, -0.05) is 42.5 Å². The van der Waals surface area contributed by atoms with Crippen LogP contribution in [-0.4, -0.2) is 36.8 Å². The average molecular weight is 561 g/mol. The summed E-state index contributed by atoms with van der Waals surface area (Å²) in [4.78, 5) is 13.8. The van der Waals surface area contributed by atoms with Crippen LogP contribution in [0.5, 0.6) is 28.7 Å². The van der Waals surface area contributed by atoms with Gasteiger partial charge in [-0.05, 0) is 89.2 Å². The summed E-state index contributed by atoms with van der Waals surface area (Å²) in [6, 6.07) is 25.5. The lowest BCUT2D eigenvalue weighted by molar-refractivity contribution is -0.135. The molecule has 1 fully saturated rings. The number of allylic oxidation sites excluding steroid dienone is 1. The molecule has 1 aliphatic carbocycles. The van der Waals surface area contributed by atoms with Crippen LogP contribution in [0.1, 0.15) is 36.4 Å². The van der Waals surface area contributed by atoms with Crippen LogP contribution < -0.4 is 23.7 Å². The van der Waals surface area contributed by atoms with E-state index in [9.17, 15) is 4.79 Å². The number of rotatable bonds is 5. The number of hydrazone groups is 1. The van der Waals surface area contributed by atoms with Gasteiger partial charge in [0, 0.05) is 5.92 Å². The number of nitrogens with zero attached hydrogens (tertiary/aromatic N) is 2. The Morgan fingerprint density at radius 2 is 1.62 bits per heavy atom. The van der Waals surface area contributed by atoms with Crippen LogP contribution in [0.3, 0.4) is 0 Å². The molecule has 1 amide bonds. The molecule has 0 unspecified atom stereocenters. The van der Waals surface area contributed by atoms with Crippen molar-refractivity contribution in [2.75, 3.05) is 20.2 Å². The van der Waals surface area contributed by atoms with E-state index >= 15 is 0 Å². The van der Waals surface area contributed by atoms with Gasteiger partial charge in [-0.2, -0.15) is 5.10 Å². The zero-order valence-electron chi connectivity index (χ0n) is 22.8. The first kappa shape index (κ1) is 24.8. The second-order valence-electron chi connectivity index (χ2n) is 10.9. The van der Waals surface area contributed by atoms with Gasteiger partial charge in [0.05, 0.1) is 11.8 Å². The monoisotopic (exact) mass is 560 g/mol. The first-order chi connectivity index (χ1) is 20.7. The lowest BCUT2D eigenvalue weighted by atomic mass is 9.77. The van der Waals surface area contributed by atoms with Crippen molar-refractivity contribution >= 4 is 28.5 Å². The molecule has 2 atom stereocenters. The van der Waals surface area contributed by atoms with Crippen molar-refractivity contribution in [2.24, 2.45) is 11.0 Å². The van der Waals surface area contributed by atoms with Gasteiger partial charge in [0.1, 0.15) is 5.75 Å². The summed E-state index contributed by atoms with van der Waals surface area (Å²) in [7, 11) is 0. The van der Waals surface area contributed by atoms with Gasteiger partial charge in [0.15, 0.2) is 29.6 Å². The molecular weight excluding hydrogens is 532 g/mol. The predicted octanol–water partition coefficient (Wildman–Crippen LogP) is 6.50. The maximum Gasteiger partial charge on any atom is 0.281 e. The molecule has 0 saturated heterocycles. The Balaban J connectivity index is 1.12. The van der Waals surface area contributed by atoms with E-state index < -0.39 is 0 Å². The van der Waals surface area contributed by atoms with Gasteiger partial charge < -0.3 is 23.7 Å². The van der Waals surface area contributed by atoms with E-state index in [0.29, 0.717) is 17.2 Å². The molecule has 0 N–H and O–H groups in total. The van der Waals surface area contributed by atoms with E-state index in [1.165, 1.54) is 0 Å². The summed E-state index contributed by atoms with van der Waals surface area (Å²) < 4.78 is 28.3. The minimum Gasteiger partial charge on any atom is -0.484 e. The quantitative estimate of drug-likeness (QED) is 0.277. The van der Waals surface area contributed by atoms with Crippen molar-refractivity contribution in [3.63, 3.8) is 0 Å². The standard InChI is InChI=1S/C34H28N2O6/c37-32(18-38-26-11-9-22-4-1-2-5-23(22)16-26)36-34(25-10-13-29-31(17-25)42-20-40-29)27-7-3-6-24(33(27)35-36)14-21-8-12-28-30(15-21)41-19-39-28/h1-2,4-5,8-17,27,34H,3,6-7,18-20H2/b24-14-/t27-,34+/m1/s1. The highest BCUT2D eigenvalue weighted by Crippen LogP contribution is 2.46. The van der Waals surface area contributed by atoms with E-state index in [2.05, 4.69) is 12.1 Å². The molecule has 8 rings (SSSR count). The topological polar surface area (TPSA) is 78.8 Å². The fraction of sp³-hybridized carbons (Fsp3) is 0.235. The van der Waals surface area contributed by atoms with Crippen LogP contribution in [0.15, 0.2) is 89.5 Å². The molecular formula is C34H28N2O6. The molecule has 8 heteroatoms. The minimum absolute atomic E-state index is 0.0454. The zero-order chi connectivity index (χ0) is 28.0. The first-order valence-corrected chi connectivity index (χ1v) is 14.2. The highest BCUT2D eigenvalue weighted by Gasteiger charge is 2.44. The third kappa shape index (κ3) is 4.40. The Morgan fingerprint density at radius 3 is 2.48 bits per heavy atom. The van der Waals surface area contributed by atoms with Crippen LogP contribution in [0.4, 0.5) is 0 Å². The van der Waals surface area contributed by atoms with Crippen molar-refractivity contribution in [2.45, 2.75) is 25.3 Å². The minimum atomic E-state index is -0.275. The molecule has 210 valence electrons. The van der Waals surface area contributed by atoms with Crippen molar-refractivity contribution < 1.29 is 28.5 Å². The first-order valence-electron chi connectivity index (χ1n) is 14.2. The van der Waals surface area contributed by atoms with Gasteiger partial charge in [0.2, 0.25) is 13.6 Å². The molecule has 3 aliphatic heterocycles. The van der Waals surface area contributed by atoms with Gasteiger partial charge in [-0.3, -0.25) is 4.79 Å². The molecule has 1 saturated carbocycles. The second kappa shape index (κ2) is 10.1. The fourth-order valence-corrected chi connectivity index (χ4v) is 6.31.